The largest absolute Gasteiger partial charge is 0.496 e. The summed E-state index contributed by atoms with van der Waals surface area (Å²) >= 11 is 0. The van der Waals surface area contributed by atoms with Crippen LogP contribution in [0, 0.1) is 12.8 Å². The molecule has 1 fully saturated rings. The summed E-state index contributed by atoms with van der Waals surface area (Å²) in [6.07, 6.45) is 7.78. The summed E-state index contributed by atoms with van der Waals surface area (Å²) in [5.41, 5.74) is 11.2. The molecule has 1 saturated carbocycles. The van der Waals surface area contributed by atoms with Crippen LogP contribution in [0.1, 0.15) is 55.8 Å². The Morgan fingerprint density at radius 1 is 1.16 bits per heavy atom. The Hall–Kier alpha value is -1.95. The first-order valence-electron chi connectivity index (χ1n) is 9.21. The average Bonchev–Trinajstić information content (AvgIpc) is 3.01. The number of guanidine groups is 1. The molecule has 2 aliphatic rings. The maximum atomic E-state index is 5.98. The number of nitrogens with one attached hydrogen (secondary N) is 1. The van der Waals surface area contributed by atoms with E-state index in [0.29, 0.717) is 5.96 Å². The van der Waals surface area contributed by atoms with Crippen LogP contribution >= 0.6 is 0 Å². The van der Waals surface area contributed by atoms with Crippen LogP contribution in [0.15, 0.2) is 17.1 Å². The van der Waals surface area contributed by atoms with Crippen molar-refractivity contribution in [2.75, 3.05) is 20.8 Å². The van der Waals surface area contributed by atoms with E-state index in [1.165, 1.54) is 32.1 Å². The zero-order chi connectivity index (χ0) is 17.8. The molecular weight excluding hydrogens is 316 g/mol. The fraction of sp³-hybridized carbons (Fsp3) is 0.632. The summed E-state index contributed by atoms with van der Waals surface area (Å²) in [4.78, 5) is 4.59. The van der Waals surface area contributed by atoms with Gasteiger partial charge in [0.05, 0.1) is 14.2 Å². The molecule has 0 radical (unpaired) electrons. The molecular formula is C19H30N4O2. The number of benzene rings is 1. The Bertz CT molecular complexity index is 626. The molecule has 1 heterocycles. The second kappa shape index (κ2) is 7.95. The third-order valence-electron chi connectivity index (χ3n) is 5.34. The molecule has 0 spiro atoms. The molecule has 6 heteroatoms. The van der Waals surface area contributed by atoms with Gasteiger partial charge in [0.25, 0.3) is 0 Å². The second-order valence-electron chi connectivity index (χ2n) is 7.05. The van der Waals surface area contributed by atoms with Crippen molar-refractivity contribution in [3.8, 4) is 11.5 Å². The topological polar surface area (TPSA) is 72.1 Å². The van der Waals surface area contributed by atoms with Gasteiger partial charge < -0.3 is 15.2 Å². The number of nitrogens with zero attached hydrogens (tertiary/aromatic N) is 2. The van der Waals surface area contributed by atoms with Crippen LogP contribution in [0.2, 0.25) is 0 Å². The van der Waals surface area contributed by atoms with Gasteiger partial charge in [-0.3, -0.25) is 5.43 Å². The van der Waals surface area contributed by atoms with Crippen molar-refractivity contribution in [1.29, 1.82) is 0 Å². The van der Waals surface area contributed by atoms with Crippen LogP contribution in [0.3, 0.4) is 0 Å². The van der Waals surface area contributed by atoms with Crippen LogP contribution in [-0.4, -0.2) is 31.7 Å². The fourth-order valence-corrected chi connectivity index (χ4v) is 3.93. The minimum atomic E-state index is -0.187. The van der Waals surface area contributed by atoms with E-state index in [0.717, 1.165) is 41.5 Å². The van der Waals surface area contributed by atoms with E-state index >= 15 is 0 Å². The number of methoxy groups -OCH3 is 2. The van der Waals surface area contributed by atoms with Gasteiger partial charge in [-0.1, -0.05) is 32.1 Å². The molecule has 6 nitrogen and oxygen atoms in total. The van der Waals surface area contributed by atoms with Crippen molar-refractivity contribution >= 4 is 5.96 Å². The van der Waals surface area contributed by atoms with Gasteiger partial charge >= 0.3 is 0 Å². The summed E-state index contributed by atoms with van der Waals surface area (Å²) in [7, 11) is 3.37. The molecule has 1 aromatic rings. The molecule has 0 bridgehead atoms. The van der Waals surface area contributed by atoms with Crippen molar-refractivity contribution in [2.24, 2.45) is 16.6 Å². The summed E-state index contributed by atoms with van der Waals surface area (Å²) in [5, 5.41) is 2.12. The SMILES string of the molecule is COc1cc(C2N=C(N)NN2CCC2CCCCC2)c(OC)cc1C. The first kappa shape index (κ1) is 17.9. The van der Waals surface area contributed by atoms with E-state index in [1.807, 2.05) is 19.1 Å². The Morgan fingerprint density at radius 2 is 1.88 bits per heavy atom. The first-order chi connectivity index (χ1) is 12.1. The van der Waals surface area contributed by atoms with Gasteiger partial charge in [0.2, 0.25) is 5.96 Å². The minimum absolute atomic E-state index is 0.187. The average molecular weight is 346 g/mol. The van der Waals surface area contributed by atoms with Gasteiger partial charge in [-0.25, -0.2) is 4.99 Å². The van der Waals surface area contributed by atoms with Crippen LogP contribution < -0.4 is 20.6 Å². The van der Waals surface area contributed by atoms with E-state index in [9.17, 15) is 0 Å². The van der Waals surface area contributed by atoms with Crippen molar-refractivity contribution in [2.45, 2.75) is 51.6 Å². The number of nitrogens with two attached hydrogens (primary N) is 1. The van der Waals surface area contributed by atoms with Crippen LogP contribution in [0.5, 0.6) is 11.5 Å². The quantitative estimate of drug-likeness (QED) is 0.828. The zero-order valence-corrected chi connectivity index (χ0v) is 15.5. The van der Waals surface area contributed by atoms with Gasteiger partial charge in [0, 0.05) is 12.1 Å². The summed E-state index contributed by atoms with van der Waals surface area (Å²) in [6, 6.07) is 4.01. The first-order valence-corrected chi connectivity index (χ1v) is 9.21. The summed E-state index contributed by atoms with van der Waals surface area (Å²) < 4.78 is 11.1. The van der Waals surface area contributed by atoms with Gasteiger partial charge in [-0.2, -0.15) is 5.01 Å². The predicted octanol–water partition coefficient (Wildman–Crippen LogP) is 3.12. The number of rotatable bonds is 6. The summed E-state index contributed by atoms with van der Waals surface area (Å²) in [6.45, 7) is 2.93. The third kappa shape index (κ3) is 4.00. The Balaban J connectivity index is 1.78. The van der Waals surface area contributed by atoms with Gasteiger partial charge in [-0.05, 0) is 37.0 Å². The lowest BCUT2D eigenvalue weighted by atomic mass is 9.87. The van der Waals surface area contributed by atoms with E-state index < -0.39 is 0 Å². The van der Waals surface area contributed by atoms with Crippen LogP contribution in [0.4, 0.5) is 0 Å². The lowest BCUT2D eigenvalue weighted by Gasteiger charge is -2.28. The molecule has 1 aliphatic heterocycles. The van der Waals surface area contributed by atoms with Crippen LogP contribution in [0.25, 0.3) is 0 Å². The molecule has 1 aliphatic carbocycles. The van der Waals surface area contributed by atoms with E-state index in [1.54, 1.807) is 14.2 Å². The Labute approximate surface area is 150 Å². The highest BCUT2D eigenvalue weighted by molar-refractivity contribution is 5.79. The molecule has 0 amide bonds. The number of ether oxygens (including phenoxy) is 2. The van der Waals surface area contributed by atoms with E-state index in [-0.39, 0.29) is 6.17 Å². The number of aryl methyl sites for hydroxylation is 1. The van der Waals surface area contributed by atoms with E-state index in [2.05, 4.69) is 15.4 Å². The molecule has 3 rings (SSSR count). The highest BCUT2D eigenvalue weighted by Crippen LogP contribution is 2.37. The lowest BCUT2D eigenvalue weighted by Crippen LogP contribution is -2.41. The Morgan fingerprint density at radius 3 is 2.56 bits per heavy atom. The third-order valence-corrected chi connectivity index (χ3v) is 5.34. The number of hydrazine groups is 1. The monoisotopic (exact) mass is 346 g/mol. The maximum absolute atomic E-state index is 5.98. The van der Waals surface area contributed by atoms with Crippen molar-refractivity contribution in [1.82, 2.24) is 10.4 Å². The fourth-order valence-electron chi connectivity index (χ4n) is 3.93. The standard InChI is InChI=1S/C19H30N4O2/c1-13-11-17(25-3)15(12-16(13)24-2)18-21-19(20)22-23(18)10-9-14-7-5-4-6-8-14/h11-12,14,18H,4-10H2,1-3H3,(H3,20,21,22). The molecule has 1 unspecified atom stereocenters. The molecule has 138 valence electrons. The van der Waals surface area contributed by atoms with Crippen molar-refractivity contribution in [3.63, 3.8) is 0 Å². The molecule has 1 atom stereocenters. The summed E-state index contributed by atoms with van der Waals surface area (Å²) in [5.74, 6) is 2.91. The van der Waals surface area contributed by atoms with E-state index in [4.69, 9.17) is 15.2 Å². The Kier molecular flexibility index (Phi) is 5.68. The molecule has 3 N–H and O–H groups in total. The second-order valence-corrected chi connectivity index (χ2v) is 7.05. The number of hydrogen-bond acceptors (Lipinski definition) is 6. The van der Waals surface area contributed by atoms with Crippen molar-refractivity contribution in [3.05, 3.63) is 23.3 Å². The van der Waals surface area contributed by atoms with Gasteiger partial charge in [0.15, 0.2) is 6.17 Å². The zero-order valence-electron chi connectivity index (χ0n) is 15.5. The minimum Gasteiger partial charge on any atom is -0.496 e. The smallest absolute Gasteiger partial charge is 0.205 e. The number of aliphatic imine (C=N–C) groups is 1. The molecule has 25 heavy (non-hydrogen) atoms. The van der Waals surface area contributed by atoms with Gasteiger partial charge in [0.1, 0.15) is 11.5 Å². The van der Waals surface area contributed by atoms with Gasteiger partial charge in [-0.15, -0.1) is 0 Å². The van der Waals surface area contributed by atoms with Crippen LogP contribution in [-0.2, 0) is 0 Å². The predicted molar refractivity (Wildman–Crippen MR) is 99.7 cm³/mol. The normalized spacial score (nSPS) is 21.7. The highest BCUT2D eigenvalue weighted by atomic mass is 16.5. The van der Waals surface area contributed by atoms with Crippen molar-refractivity contribution < 1.29 is 9.47 Å². The highest BCUT2D eigenvalue weighted by Gasteiger charge is 2.30. The number of hydrogen-bond donors (Lipinski definition) is 2. The maximum Gasteiger partial charge on any atom is 0.205 e. The lowest BCUT2D eigenvalue weighted by molar-refractivity contribution is 0.164. The molecule has 1 aromatic carbocycles. The molecule has 0 aromatic heterocycles. The molecule has 0 saturated heterocycles.